The van der Waals surface area contributed by atoms with Crippen molar-refractivity contribution in [1.29, 1.82) is 0 Å². The van der Waals surface area contributed by atoms with E-state index in [1.54, 1.807) is 51.6 Å². The maximum atomic E-state index is 14.7. The lowest BCUT2D eigenvalue weighted by atomic mass is 9.70. The zero-order valence-electron chi connectivity index (χ0n) is 22.7. The van der Waals surface area contributed by atoms with Crippen LogP contribution in [0.15, 0.2) is 43.5 Å². The topological polar surface area (TPSA) is 81.2 Å². The average Bonchev–Trinajstić information content (AvgIpc) is 3.50. The molecule has 1 aromatic carbocycles. The van der Waals surface area contributed by atoms with Crippen molar-refractivity contribution in [1.82, 2.24) is 9.80 Å². The second-order valence-electron chi connectivity index (χ2n) is 10.7. The Morgan fingerprint density at radius 2 is 2.00 bits per heavy atom. The monoisotopic (exact) mass is 637 g/mol. The largest absolute Gasteiger partial charge is 0.394 e. The molecule has 7 atom stereocenters. The molecule has 1 spiro atoms. The van der Waals surface area contributed by atoms with Crippen LogP contribution in [0.4, 0.5) is 5.69 Å². The molecule has 3 heterocycles. The van der Waals surface area contributed by atoms with E-state index in [0.29, 0.717) is 30.2 Å². The van der Waals surface area contributed by atoms with E-state index in [1.165, 1.54) is 0 Å². The molecule has 0 aromatic heterocycles. The highest BCUT2D eigenvalue weighted by atomic mass is 79.9. The number of halogens is 2. The van der Waals surface area contributed by atoms with E-state index in [-0.39, 0.29) is 41.0 Å². The number of thioether (sulfide) groups is 1. The molecule has 7 nitrogen and oxygen atoms in total. The van der Waals surface area contributed by atoms with Crippen molar-refractivity contribution < 1.29 is 19.5 Å². The van der Waals surface area contributed by atoms with E-state index in [9.17, 15) is 19.5 Å². The number of likely N-dealkylation sites (tertiary alicyclic amines) is 1. The summed E-state index contributed by atoms with van der Waals surface area (Å²) in [4.78, 5) is 47.8. The molecule has 39 heavy (non-hydrogen) atoms. The number of aryl methyl sites for hydroxylation is 1. The van der Waals surface area contributed by atoms with Gasteiger partial charge in [-0.1, -0.05) is 58.7 Å². The van der Waals surface area contributed by atoms with Gasteiger partial charge in [0.15, 0.2) is 0 Å². The summed E-state index contributed by atoms with van der Waals surface area (Å²) in [7, 11) is 0. The van der Waals surface area contributed by atoms with Crippen LogP contribution in [-0.4, -0.2) is 85.8 Å². The molecule has 1 aromatic rings. The number of alkyl halides is 1. The second-order valence-corrected chi connectivity index (χ2v) is 13.8. The van der Waals surface area contributed by atoms with Crippen LogP contribution in [-0.2, 0) is 14.4 Å². The van der Waals surface area contributed by atoms with Crippen molar-refractivity contribution >= 4 is 62.7 Å². The van der Waals surface area contributed by atoms with Crippen LogP contribution in [0.1, 0.15) is 32.3 Å². The molecule has 10 heteroatoms. The minimum Gasteiger partial charge on any atom is -0.394 e. The van der Waals surface area contributed by atoms with Crippen molar-refractivity contribution in [3.8, 4) is 0 Å². The second kappa shape index (κ2) is 12.0. The molecule has 0 saturated carbocycles. The first-order valence-corrected chi connectivity index (χ1v) is 15.6. The predicted molar refractivity (Wildman–Crippen MR) is 161 cm³/mol. The first-order valence-electron chi connectivity index (χ1n) is 13.4. The van der Waals surface area contributed by atoms with Gasteiger partial charge in [-0.05, 0) is 38.3 Å². The molecule has 3 aliphatic rings. The van der Waals surface area contributed by atoms with Crippen molar-refractivity contribution in [3.63, 3.8) is 0 Å². The zero-order chi connectivity index (χ0) is 28.6. The molecule has 3 saturated heterocycles. The van der Waals surface area contributed by atoms with Crippen molar-refractivity contribution in [2.75, 3.05) is 31.1 Å². The van der Waals surface area contributed by atoms with Crippen molar-refractivity contribution in [3.05, 3.63) is 54.1 Å². The van der Waals surface area contributed by atoms with E-state index in [0.717, 1.165) is 12.0 Å². The standard InChI is InChI=1S/C29H37BrClN3O4S/c1-6-12-32(13-7-2)26(36)21-22-27(37)34(18(5)16-35)25(29(22)15-19(30)24(21)39-29)28(38)33(14-8-3)23-17(4)10-9-11-20(23)31/h6,8-11,18-19,21-22,24-25,35H,1,3,7,12-16H2,2,4-5H3/t18-,19?,21-,22+,24-,25?,29?/m1/s1. The zero-order valence-corrected chi connectivity index (χ0v) is 25.8. The Kier molecular flexibility index (Phi) is 9.25. The number of rotatable bonds is 11. The number of fused-ring (bicyclic) bond motifs is 1. The van der Waals surface area contributed by atoms with E-state index >= 15 is 0 Å². The number of carbonyl (C=O) groups excluding carboxylic acids is 3. The minimum absolute atomic E-state index is 0.0395. The number of aliphatic hydroxyl groups excluding tert-OH is 1. The molecule has 4 rings (SSSR count). The first-order chi connectivity index (χ1) is 18.6. The third-order valence-corrected chi connectivity index (χ3v) is 11.7. The molecule has 3 amide bonds. The Bertz CT molecular complexity index is 1150. The van der Waals surface area contributed by atoms with Gasteiger partial charge in [-0.25, -0.2) is 0 Å². The first kappa shape index (κ1) is 30.2. The molecule has 0 aliphatic carbocycles. The van der Waals surface area contributed by atoms with E-state index in [2.05, 4.69) is 29.1 Å². The van der Waals surface area contributed by atoms with Gasteiger partial charge in [0.2, 0.25) is 11.8 Å². The van der Waals surface area contributed by atoms with Crippen molar-refractivity contribution in [2.45, 2.75) is 60.5 Å². The Morgan fingerprint density at radius 3 is 2.59 bits per heavy atom. The number of nitrogens with zero attached hydrogens (tertiary/aromatic N) is 3. The molecule has 0 radical (unpaired) electrons. The minimum atomic E-state index is -0.875. The maximum absolute atomic E-state index is 14.7. The summed E-state index contributed by atoms with van der Waals surface area (Å²) in [6.07, 6.45) is 4.70. The number of anilines is 1. The highest BCUT2D eigenvalue weighted by Crippen LogP contribution is 2.68. The molecule has 212 valence electrons. The van der Waals surface area contributed by atoms with E-state index in [1.807, 2.05) is 26.0 Å². The summed E-state index contributed by atoms with van der Waals surface area (Å²) >= 11 is 12.0. The van der Waals surface area contributed by atoms with Crippen LogP contribution in [0, 0.1) is 18.8 Å². The molecule has 1 N–H and O–H groups in total. The molecule has 3 aliphatic heterocycles. The van der Waals surface area contributed by atoms with Crippen LogP contribution < -0.4 is 4.90 Å². The van der Waals surface area contributed by atoms with Gasteiger partial charge in [0.25, 0.3) is 5.91 Å². The smallest absolute Gasteiger partial charge is 0.251 e. The van der Waals surface area contributed by atoms with Gasteiger partial charge in [0.1, 0.15) is 6.04 Å². The molecular weight excluding hydrogens is 602 g/mol. The fraction of sp³-hybridized carbons (Fsp3) is 0.552. The maximum Gasteiger partial charge on any atom is 0.251 e. The third-order valence-electron chi connectivity index (χ3n) is 8.18. The summed E-state index contributed by atoms with van der Waals surface area (Å²) in [6, 6.07) is 3.98. The molecule has 2 bridgehead atoms. The van der Waals surface area contributed by atoms with Gasteiger partial charge in [-0.2, -0.15) is 0 Å². The summed E-state index contributed by atoms with van der Waals surface area (Å²) in [6.45, 7) is 14.2. The number of benzene rings is 1. The quantitative estimate of drug-likeness (QED) is 0.287. The third kappa shape index (κ3) is 4.87. The Hall–Kier alpha value is -1.81. The predicted octanol–water partition coefficient (Wildman–Crippen LogP) is 4.44. The highest BCUT2D eigenvalue weighted by Gasteiger charge is 2.76. The lowest BCUT2D eigenvalue weighted by Gasteiger charge is -2.39. The van der Waals surface area contributed by atoms with Crippen LogP contribution in [0.25, 0.3) is 0 Å². The Labute approximate surface area is 248 Å². The number of hydrogen-bond acceptors (Lipinski definition) is 5. The summed E-state index contributed by atoms with van der Waals surface area (Å²) in [5.41, 5.74) is 1.40. The van der Waals surface area contributed by atoms with Crippen molar-refractivity contribution in [2.24, 2.45) is 11.8 Å². The average molecular weight is 639 g/mol. The number of para-hydroxylation sites is 1. The Morgan fingerprint density at radius 1 is 1.31 bits per heavy atom. The van der Waals surface area contributed by atoms with Crippen LogP contribution >= 0.6 is 39.3 Å². The van der Waals surface area contributed by atoms with Gasteiger partial charge in [-0.3, -0.25) is 14.4 Å². The summed E-state index contributed by atoms with van der Waals surface area (Å²) in [5, 5.41) is 10.5. The SMILES string of the molecule is C=CCN(CCC)C(=O)[C@H]1[C@@H]2SC3(CC2Br)C(C(=O)N(CC=C)c2c(C)cccc2Cl)N([C@H](C)CO)C(=O)[C@H]13. The van der Waals surface area contributed by atoms with Gasteiger partial charge in [-0.15, -0.1) is 24.9 Å². The highest BCUT2D eigenvalue weighted by molar-refractivity contribution is 9.09. The van der Waals surface area contributed by atoms with Gasteiger partial charge in [0, 0.05) is 29.7 Å². The Balaban J connectivity index is 1.84. The molecule has 3 fully saturated rings. The summed E-state index contributed by atoms with van der Waals surface area (Å²) in [5.74, 6) is -1.84. The normalized spacial score (nSPS) is 29.7. The fourth-order valence-corrected chi connectivity index (χ4v) is 10.6. The fourth-order valence-electron chi connectivity index (χ4n) is 6.65. The molecular formula is C29H37BrClN3O4S. The van der Waals surface area contributed by atoms with Gasteiger partial charge < -0.3 is 19.8 Å². The number of aliphatic hydroxyl groups is 1. The van der Waals surface area contributed by atoms with Gasteiger partial charge >= 0.3 is 0 Å². The number of hydrogen-bond donors (Lipinski definition) is 1. The number of amides is 3. The molecule has 3 unspecified atom stereocenters. The van der Waals surface area contributed by atoms with E-state index in [4.69, 9.17) is 11.6 Å². The van der Waals surface area contributed by atoms with Crippen LogP contribution in [0.2, 0.25) is 5.02 Å². The van der Waals surface area contributed by atoms with Gasteiger partial charge in [0.05, 0.1) is 39.9 Å². The lowest BCUT2D eigenvalue weighted by Crippen LogP contribution is -2.57. The summed E-state index contributed by atoms with van der Waals surface area (Å²) < 4.78 is -0.822. The lowest BCUT2D eigenvalue weighted by molar-refractivity contribution is -0.145. The van der Waals surface area contributed by atoms with Crippen LogP contribution in [0.3, 0.4) is 0 Å². The number of carbonyl (C=O) groups is 3. The van der Waals surface area contributed by atoms with Crippen LogP contribution in [0.5, 0.6) is 0 Å². The van der Waals surface area contributed by atoms with E-state index < -0.39 is 28.7 Å².